The van der Waals surface area contributed by atoms with Crippen LogP contribution < -0.4 is 0 Å². The van der Waals surface area contributed by atoms with Crippen LogP contribution in [0.5, 0.6) is 0 Å². The van der Waals surface area contributed by atoms with E-state index >= 15 is 0 Å². The molecule has 2 heteroatoms. The summed E-state index contributed by atoms with van der Waals surface area (Å²) in [5, 5.41) is 4.99. The van der Waals surface area contributed by atoms with Gasteiger partial charge in [0.25, 0.3) is 0 Å². The lowest BCUT2D eigenvalue weighted by Gasteiger charge is -2.34. The summed E-state index contributed by atoms with van der Waals surface area (Å²) in [7, 11) is 0. The minimum absolute atomic E-state index is 0.506. The molecule has 0 spiro atoms. The molecule has 0 saturated heterocycles. The van der Waals surface area contributed by atoms with Crippen molar-refractivity contribution in [1.29, 1.82) is 0 Å². The van der Waals surface area contributed by atoms with E-state index in [1.165, 1.54) is 138 Å². The summed E-state index contributed by atoms with van der Waals surface area (Å²) < 4.78 is 4.80. The SMILES string of the molecule is c1ccc(-c2cccc(C3(c4cccc(-c5ccc(-c6ccc(-c7cccc(-n8c9ccccc9c9cc(-c%10ccc%11c(c%10)c%10ccccc%10n%11-c%10ccccc%10)ccc98)c7)cc6)cc5)c4)c4ccccc4-c4ccccc43)c2)cc1. The zero-order valence-electron chi connectivity index (χ0n) is 44.4. The second kappa shape index (κ2) is 18.8. The molecule has 2 aromatic heterocycles. The van der Waals surface area contributed by atoms with Gasteiger partial charge in [0.1, 0.15) is 0 Å². The molecule has 1 aliphatic carbocycles. The highest BCUT2D eigenvalue weighted by molar-refractivity contribution is 6.13. The largest absolute Gasteiger partial charge is 0.309 e. The van der Waals surface area contributed by atoms with E-state index in [1.54, 1.807) is 0 Å². The third-order valence-corrected chi connectivity index (χ3v) is 17.2. The predicted octanol–water partition coefficient (Wildman–Crippen LogP) is 20.6. The first-order valence-electron chi connectivity index (χ1n) is 28.1. The maximum absolute atomic E-state index is 2.43. The normalized spacial score (nSPS) is 12.5. The van der Waals surface area contributed by atoms with Crippen molar-refractivity contribution in [2.75, 3.05) is 0 Å². The Labute approximate surface area is 471 Å². The molecule has 0 radical (unpaired) electrons. The fourth-order valence-electron chi connectivity index (χ4n) is 13.5. The number of nitrogens with zero attached hydrogens (tertiary/aromatic N) is 2. The quantitative estimate of drug-likeness (QED) is 0.136. The van der Waals surface area contributed by atoms with Gasteiger partial charge in [0.2, 0.25) is 0 Å². The second-order valence-corrected chi connectivity index (χ2v) is 21.6. The van der Waals surface area contributed by atoms with Crippen molar-refractivity contribution in [3.8, 4) is 78.1 Å². The molecule has 0 amide bonds. The molecule has 0 aliphatic heterocycles. The van der Waals surface area contributed by atoms with Crippen molar-refractivity contribution in [3.05, 3.63) is 338 Å². The van der Waals surface area contributed by atoms with E-state index in [0.29, 0.717) is 0 Å². The van der Waals surface area contributed by atoms with E-state index in [0.717, 1.165) is 5.69 Å². The lowest BCUT2D eigenvalue weighted by molar-refractivity contribution is 0.769. The van der Waals surface area contributed by atoms with Gasteiger partial charge in [-0.25, -0.2) is 0 Å². The van der Waals surface area contributed by atoms with Crippen LogP contribution in [0.25, 0.3) is 122 Å². The Morgan fingerprint density at radius 1 is 0.198 bits per heavy atom. The molecule has 0 unspecified atom stereocenters. The molecule has 0 bridgehead atoms. The summed E-state index contributed by atoms with van der Waals surface area (Å²) in [4.78, 5) is 0. The molecule has 1 aliphatic rings. The van der Waals surface area contributed by atoms with E-state index in [4.69, 9.17) is 0 Å². The van der Waals surface area contributed by atoms with Crippen molar-refractivity contribution in [1.82, 2.24) is 9.13 Å². The summed E-state index contributed by atoms with van der Waals surface area (Å²) in [5.74, 6) is 0. The smallest absolute Gasteiger partial charge is 0.0713 e. The highest BCUT2D eigenvalue weighted by Gasteiger charge is 2.46. The Morgan fingerprint density at radius 2 is 0.531 bits per heavy atom. The molecule has 0 fully saturated rings. The van der Waals surface area contributed by atoms with Gasteiger partial charge in [-0.15, -0.1) is 0 Å². The number of aromatic nitrogens is 2. The number of rotatable bonds is 9. The number of hydrogen-bond acceptors (Lipinski definition) is 0. The molecule has 16 rings (SSSR count). The molecule has 15 aromatic rings. The van der Waals surface area contributed by atoms with E-state index in [1.807, 2.05) is 0 Å². The minimum Gasteiger partial charge on any atom is -0.309 e. The van der Waals surface area contributed by atoms with Crippen molar-refractivity contribution >= 4 is 43.6 Å². The van der Waals surface area contributed by atoms with Gasteiger partial charge in [-0.2, -0.15) is 0 Å². The first-order valence-corrected chi connectivity index (χ1v) is 28.1. The van der Waals surface area contributed by atoms with Crippen LogP contribution in [0.2, 0.25) is 0 Å². The van der Waals surface area contributed by atoms with Gasteiger partial charge in [0.05, 0.1) is 27.5 Å². The van der Waals surface area contributed by atoms with E-state index in [-0.39, 0.29) is 0 Å². The summed E-state index contributed by atoms with van der Waals surface area (Å²) in [6, 6.07) is 117. The topological polar surface area (TPSA) is 9.86 Å². The van der Waals surface area contributed by atoms with Crippen LogP contribution >= 0.6 is 0 Å². The van der Waals surface area contributed by atoms with Gasteiger partial charge < -0.3 is 9.13 Å². The molecule has 0 atom stereocenters. The van der Waals surface area contributed by atoms with Gasteiger partial charge in [0, 0.05) is 32.9 Å². The Kier molecular flexibility index (Phi) is 10.8. The molecule has 2 heterocycles. The van der Waals surface area contributed by atoms with Crippen LogP contribution in [0, 0.1) is 0 Å². The fraction of sp³-hybridized carbons (Fsp3) is 0.0127. The minimum atomic E-state index is -0.506. The second-order valence-electron chi connectivity index (χ2n) is 21.6. The van der Waals surface area contributed by atoms with Gasteiger partial charge in [0.15, 0.2) is 0 Å². The lowest BCUT2D eigenvalue weighted by atomic mass is 9.67. The fourth-order valence-corrected chi connectivity index (χ4v) is 13.5. The molecule has 378 valence electrons. The molecule has 0 N–H and O–H groups in total. The highest BCUT2D eigenvalue weighted by atomic mass is 15.0. The van der Waals surface area contributed by atoms with Crippen LogP contribution in [0.4, 0.5) is 0 Å². The van der Waals surface area contributed by atoms with Crippen LogP contribution in [-0.4, -0.2) is 9.13 Å². The summed E-state index contributed by atoms with van der Waals surface area (Å²) in [5.41, 5.74) is 26.3. The van der Waals surface area contributed by atoms with Crippen molar-refractivity contribution < 1.29 is 0 Å². The van der Waals surface area contributed by atoms with Gasteiger partial charge >= 0.3 is 0 Å². The Hall–Kier alpha value is -10.5. The van der Waals surface area contributed by atoms with Gasteiger partial charge in [-0.3, -0.25) is 0 Å². The van der Waals surface area contributed by atoms with Crippen molar-refractivity contribution in [2.24, 2.45) is 0 Å². The first-order chi connectivity index (χ1) is 40.2. The van der Waals surface area contributed by atoms with Crippen LogP contribution in [-0.2, 0) is 5.41 Å². The van der Waals surface area contributed by atoms with Gasteiger partial charge in [-0.1, -0.05) is 243 Å². The van der Waals surface area contributed by atoms with E-state index in [2.05, 4.69) is 325 Å². The number of para-hydroxylation sites is 3. The standard InChI is InChI=1S/C79H52N2/c1-3-18-53(19-4-1)58-20-15-23-63(48-58)79(73-32-11-7-28-67(73)68-29-8-12-33-74(68)79)64-24-16-21-59(49-64)56-40-36-54(37-41-56)55-38-42-57(43-39-55)60-22-17-27-66(50-60)81-76-35-14-10-31-70(76)72-52-62(45-47-78(72)81)61-44-46-77-71(51-61)69-30-9-13-34-75(69)80(77)65-25-5-2-6-26-65/h1-52H. The molecule has 81 heavy (non-hydrogen) atoms. The molecule has 0 saturated carbocycles. The zero-order chi connectivity index (χ0) is 53.4. The average Bonchev–Trinajstić information content (AvgIpc) is 3.60. The van der Waals surface area contributed by atoms with Gasteiger partial charge in [-0.05, 0) is 162 Å². The maximum Gasteiger partial charge on any atom is 0.0713 e. The maximum atomic E-state index is 2.43. The lowest BCUT2D eigenvalue weighted by Crippen LogP contribution is -2.28. The molecule has 13 aromatic carbocycles. The van der Waals surface area contributed by atoms with Crippen molar-refractivity contribution in [3.63, 3.8) is 0 Å². The monoisotopic (exact) mass is 1030 g/mol. The Balaban J connectivity index is 0.706. The van der Waals surface area contributed by atoms with E-state index < -0.39 is 5.41 Å². The number of hydrogen-bond donors (Lipinski definition) is 0. The van der Waals surface area contributed by atoms with Crippen molar-refractivity contribution in [2.45, 2.75) is 5.41 Å². The van der Waals surface area contributed by atoms with Crippen LogP contribution in [0.15, 0.2) is 315 Å². The number of fused-ring (bicyclic) bond motifs is 9. The third kappa shape index (κ3) is 7.49. The summed E-state index contributed by atoms with van der Waals surface area (Å²) >= 11 is 0. The number of benzene rings is 13. The average molecular weight is 1030 g/mol. The molecular weight excluding hydrogens is 977 g/mol. The Morgan fingerprint density at radius 3 is 1.05 bits per heavy atom. The third-order valence-electron chi connectivity index (χ3n) is 17.2. The Bertz CT molecular complexity index is 4860. The highest BCUT2D eigenvalue weighted by Crippen LogP contribution is 2.57. The molecule has 2 nitrogen and oxygen atoms in total. The predicted molar refractivity (Wildman–Crippen MR) is 340 cm³/mol. The van der Waals surface area contributed by atoms with Crippen LogP contribution in [0.3, 0.4) is 0 Å². The van der Waals surface area contributed by atoms with E-state index in [9.17, 15) is 0 Å². The summed E-state index contributed by atoms with van der Waals surface area (Å²) in [6.07, 6.45) is 0. The zero-order valence-corrected chi connectivity index (χ0v) is 44.4. The molecular formula is C79H52N2. The first kappa shape index (κ1) is 46.5. The van der Waals surface area contributed by atoms with Crippen LogP contribution in [0.1, 0.15) is 22.3 Å². The summed E-state index contributed by atoms with van der Waals surface area (Å²) in [6.45, 7) is 0.